The molecule has 0 N–H and O–H groups in total. The molecule has 0 rings (SSSR count). The van der Waals surface area contributed by atoms with Crippen LogP contribution in [-0.4, -0.2) is 37.2 Å². The van der Waals surface area contributed by atoms with E-state index in [0.29, 0.717) is 19.3 Å². The number of rotatable bonds is 64. The van der Waals surface area contributed by atoms with Gasteiger partial charge in [-0.15, -0.1) is 0 Å². The zero-order chi connectivity index (χ0) is 57.8. The van der Waals surface area contributed by atoms with E-state index in [-0.39, 0.29) is 37.5 Å². The number of hydrogen-bond acceptors (Lipinski definition) is 6. The lowest BCUT2D eigenvalue weighted by Gasteiger charge is -2.18. The molecule has 0 amide bonds. The number of ether oxygens (including phenoxy) is 3. The van der Waals surface area contributed by atoms with Crippen molar-refractivity contribution in [2.24, 2.45) is 0 Å². The first-order valence-electron chi connectivity index (χ1n) is 34.9. The molecule has 0 radical (unpaired) electrons. The standard InChI is InChI=1S/C74H132O6/c1-4-7-10-13-16-19-22-25-28-31-33-35-36-37-38-40-41-43-46-49-52-55-58-61-64-67-73(76)79-70-71(69-78-72(75)66-63-60-57-54-51-48-45-30-27-24-21-18-15-12-9-6-3)80-74(77)68-65-62-59-56-53-50-47-44-42-39-34-32-29-26-23-20-17-14-11-8-5-2/h8,11,17,20,26,29,34,39,44,47,53,56,71H,4-7,9-10,12-16,18-19,21-25,27-28,30-33,35-38,40-43,45-46,48-52,54-55,57-70H2,1-3H3/b11-8-,20-17-,29-26-,39-34-,47-44-,56-53-. The summed E-state index contributed by atoms with van der Waals surface area (Å²) >= 11 is 0. The van der Waals surface area contributed by atoms with E-state index in [2.05, 4.69) is 93.7 Å². The van der Waals surface area contributed by atoms with Crippen LogP contribution in [0.5, 0.6) is 0 Å². The summed E-state index contributed by atoms with van der Waals surface area (Å²) in [6.07, 6.45) is 89.3. The van der Waals surface area contributed by atoms with E-state index >= 15 is 0 Å². The molecule has 0 aromatic heterocycles. The van der Waals surface area contributed by atoms with Crippen LogP contribution in [0.3, 0.4) is 0 Å². The number of hydrogen-bond donors (Lipinski definition) is 0. The van der Waals surface area contributed by atoms with E-state index in [9.17, 15) is 14.4 Å². The van der Waals surface area contributed by atoms with E-state index in [1.807, 2.05) is 0 Å². The van der Waals surface area contributed by atoms with Gasteiger partial charge in [0, 0.05) is 19.3 Å². The first-order valence-corrected chi connectivity index (χ1v) is 34.9. The molecule has 80 heavy (non-hydrogen) atoms. The van der Waals surface area contributed by atoms with Crippen molar-refractivity contribution in [1.29, 1.82) is 0 Å². The Balaban J connectivity index is 4.36. The summed E-state index contributed by atoms with van der Waals surface area (Å²) in [6, 6.07) is 0. The lowest BCUT2D eigenvalue weighted by Crippen LogP contribution is -2.30. The molecular formula is C74H132O6. The van der Waals surface area contributed by atoms with Gasteiger partial charge in [-0.2, -0.15) is 0 Å². The fourth-order valence-corrected chi connectivity index (χ4v) is 10.3. The minimum Gasteiger partial charge on any atom is -0.462 e. The Hall–Kier alpha value is -3.15. The van der Waals surface area contributed by atoms with E-state index < -0.39 is 6.10 Å². The van der Waals surface area contributed by atoms with Gasteiger partial charge in [-0.25, -0.2) is 0 Å². The molecule has 0 aromatic carbocycles. The zero-order valence-corrected chi connectivity index (χ0v) is 53.3. The topological polar surface area (TPSA) is 78.9 Å². The lowest BCUT2D eigenvalue weighted by atomic mass is 10.0. The first kappa shape index (κ1) is 76.9. The van der Waals surface area contributed by atoms with Crippen LogP contribution in [0.1, 0.15) is 361 Å². The molecule has 0 fully saturated rings. The molecule has 0 aliphatic heterocycles. The van der Waals surface area contributed by atoms with Crippen molar-refractivity contribution < 1.29 is 28.6 Å². The van der Waals surface area contributed by atoms with Gasteiger partial charge in [-0.05, 0) is 70.6 Å². The van der Waals surface area contributed by atoms with Crippen LogP contribution in [0, 0.1) is 0 Å². The summed E-state index contributed by atoms with van der Waals surface area (Å²) in [5.41, 5.74) is 0. The van der Waals surface area contributed by atoms with Crippen molar-refractivity contribution >= 4 is 17.9 Å². The van der Waals surface area contributed by atoms with Crippen LogP contribution in [-0.2, 0) is 28.6 Å². The van der Waals surface area contributed by atoms with Crippen LogP contribution >= 0.6 is 0 Å². The number of esters is 3. The number of carbonyl (C=O) groups excluding carboxylic acids is 3. The Bertz CT molecular complexity index is 1470. The van der Waals surface area contributed by atoms with Crippen LogP contribution in [0.15, 0.2) is 72.9 Å². The minimum atomic E-state index is -0.798. The van der Waals surface area contributed by atoms with Gasteiger partial charge in [0.25, 0.3) is 0 Å². The Morgan fingerprint density at radius 3 is 0.762 bits per heavy atom. The molecule has 0 spiro atoms. The van der Waals surface area contributed by atoms with Gasteiger partial charge in [-0.3, -0.25) is 14.4 Å². The van der Waals surface area contributed by atoms with Crippen LogP contribution in [0.2, 0.25) is 0 Å². The first-order chi connectivity index (χ1) is 39.5. The van der Waals surface area contributed by atoms with Crippen LogP contribution in [0.25, 0.3) is 0 Å². The molecule has 0 heterocycles. The van der Waals surface area contributed by atoms with Crippen molar-refractivity contribution in [2.45, 2.75) is 367 Å². The second-order valence-corrected chi connectivity index (χ2v) is 23.4. The van der Waals surface area contributed by atoms with Gasteiger partial charge in [0.05, 0.1) is 0 Å². The Morgan fingerprint density at radius 1 is 0.263 bits per heavy atom. The maximum atomic E-state index is 12.9. The van der Waals surface area contributed by atoms with Crippen LogP contribution in [0.4, 0.5) is 0 Å². The molecule has 1 atom stereocenters. The summed E-state index contributed by atoms with van der Waals surface area (Å²) in [5, 5.41) is 0. The predicted octanol–water partition coefficient (Wildman–Crippen LogP) is 24.1. The average Bonchev–Trinajstić information content (AvgIpc) is 3.46. The molecule has 1 unspecified atom stereocenters. The fourth-order valence-electron chi connectivity index (χ4n) is 10.3. The third-order valence-electron chi connectivity index (χ3n) is 15.5. The second kappa shape index (κ2) is 68.3. The van der Waals surface area contributed by atoms with Gasteiger partial charge in [0.1, 0.15) is 13.2 Å². The highest BCUT2D eigenvalue weighted by Gasteiger charge is 2.19. The Morgan fingerprint density at radius 2 is 0.487 bits per heavy atom. The normalized spacial score (nSPS) is 12.5. The number of carbonyl (C=O) groups is 3. The molecule has 0 aliphatic rings. The van der Waals surface area contributed by atoms with Crippen molar-refractivity contribution in [3.05, 3.63) is 72.9 Å². The summed E-state index contributed by atoms with van der Waals surface area (Å²) < 4.78 is 17.0. The molecule has 0 bridgehead atoms. The zero-order valence-electron chi connectivity index (χ0n) is 53.3. The summed E-state index contributed by atoms with van der Waals surface area (Å²) in [6.45, 7) is 6.56. The smallest absolute Gasteiger partial charge is 0.306 e. The summed E-state index contributed by atoms with van der Waals surface area (Å²) in [5.74, 6) is -0.909. The van der Waals surface area contributed by atoms with Gasteiger partial charge in [-0.1, -0.05) is 344 Å². The molecule has 6 nitrogen and oxygen atoms in total. The second-order valence-electron chi connectivity index (χ2n) is 23.4. The summed E-state index contributed by atoms with van der Waals surface area (Å²) in [4.78, 5) is 38.4. The van der Waals surface area contributed by atoms with Gasteiger partial charge >= 0.3 is 17.9 Å². The van der Waals surface area contributed by atoms with Gasteiger partial charge in [0.2, 0.25) is 0 Å². The molecular weight excluding hydrogens is 985 g/mol. The molecule has 0 saturated heterocycles. The highest BCUT2D eigenvalue weighted by molar-refractivity contribution is 5.71. The van der Waals surface area contributed by atoms with E-state index in [0.717, 1.165) is 89.9 Å². The van der Waals surface area contributed by atoms with Crippen molar-refractivity contribution in [3.8, 4) is 0 Å². The van der Waals surface area contributed by atoms with Crippen LogP contribution < -0.4 is 0 Å². The van der Waals surface area contributed by atoms with E-state index in [1.165, 1.54) is 225 Å². The quantitative estimate of drug-likeness (QED) is 0.0261. The number of allylic oxidation sites excluding steroid dienone is 12. The third-order valence-corrected chi connectivity index (χ3v) is 15.5. The fraction of sp³-hybridized carbons (Fsp3) is 0.797. The van der Waals surface area contributed by atoms with Gasteiger partial charge < -0.3 is 14.2 Å². The molecule has 6 heteroatoms. The Kier molecular flexibility index (Phi) is 65.7. The minimum absolute atomic E-state index is 0.0884. The highest BCUT2D eigenvalue weighted by atomic mass is 16.6. The SMILES string of the molecule is CC/C=C\C/C=C\C/C=C\C/C=C\C/C=C\C/C=C\CCCCC(=O)OC(COC(=O)CCCCCCCCCCCCCCCCCC)COC(=O)CCCCCCCCCCCCCCCCCCCCCCCCCCC. The number of unbranched alkanes of at least 4 members (excludes halogenated alkanes) is 41. The monoisotopic (exact) mass is 1120 g/mol. The third kappa shape index (κ3) is 65.7. The van der Waals surface area contributed by atoms with Crippen molar-refractivity contribution in [3.63, 3.8) is 0 Å². The maximum absolute atomic E-state index is 12.9. The highest BCUT2D eigenvalue weighted by Crippen LogP contribution is 2.18. The maximum Gasteiger partial charge on any atom is 0.306 e. The average molecular weight is 1120 g/mol. The summed E-state index contributed by atoms with van der Waals surface area (Å²) in [7, 11) is 0. The van der Waals surface area contributed by atoms with E-state index in [1.54, 1.807) is 0 Å². The lowest BCUT2D eigenvalue weighted by molar-refractivity contribution is -0.167. The van der Waals surface area contributed by atoms with E-state index in [4.69, 9.17) is 14.2 Å². The largest absolute Gasteiger partial charge is 0.462 e. The van der Waals surface area contributed by atoms with Gasteiger partial charge in [0.15, 0.2) is 6.10 Å². The molecule has 0 aromatic rings. The molecule has 0 saturated carbocycles. The molecule has 0 aliphatic carbocycles. The van der Waals surface area contributed by atoms with Crippen molar-refractivity contribution in [1.82, 2.24) is 0 Å². The van der Waals surface area contributed by atoms with Crippen molar-refractivity contribution in [2.75, 3.05) is 13.2 Å². The predicted molar refractivity (Wildman–Crippen MR) is 348 cm³/mol. The Labute approximate surface area is 497 Å². The molecule has 464 valence electrons.